The fraction of sp³-hybridized carbons (Fsp3) is 0.429. The highest BCUT2D eigenvalue weighted by Gasteiger charge is 2.30. The first-order valence-corrected chi connectivity index (χ1v) is 11.7. The van der Waals surface area contributed by atoms with Gasteiger partial charge in [-0.1, -0.05) is 49.7 Å². The van der Waals surface area contributed by atoms with E-state index in [0.29, 0.717) is 4.90 Å². The lowest BCUT2D eigenvalue weighted by Gasteiger charge is -2.27. The quantitative estimate of drug-likeness (QED) is 0.762. The number of rotatable bonds is 6. The fourth-order valence-electron chi connectivity index (χ4n) is 2.75. The third-order valence-corrected chi connectivity index (χ3v) is 7.63. The maximum atomic E-state index is 13.0. The molecule has 0 bridgehead atoms. The molecule has 148 valence electrons. The molecule has 0 fully saturated rings. The predicted molar refractivity (Wildman–Crippen MR) is 112 cm³/mol. The Morgan fingerprint density at radius 1 is 0.963 bits per heavy atom. The van der Waals surface area contributed by atoms with Gasteiger partial charge in [0.25, 0.3) is 0 Å². The minimum absolute atomic E-state index is 0.0108. The Bertz CT molecular complexity index is 911. The average molecular weight is 408 g/mol. The summed E-state index contributed by atoms with van der Waals surface area (Å²) in [6, 6.07) is 13.7. The van der Waals surface area contributed by atoms with E-state index in [9.17, 15) is 12.6 Å². The second-order valence-electron chi connectivity index (χ2n) is 8.07. The molecule has 2 aromatic carbocycles. The van der Waals surface area contributed by atoms with Crippen LogP contribution >= 0.6 is 0 Å². The van der Waals surface area contributed by atoms with E-state index < -0.39 is 31.6 Å². The standard InChI is InChI=1S/C21H29NO3S2/c1-15(2)20(22-27(24,25)17-13-11-16(3)12-14-17)18-9-7-8-10-19(18)26(23)21(4,5)6/h7-15,20,22H,1-6H3/t20-,26?/m0/s1. The molecule has 0 saturated heterocycles. The first-order chi connectivity index (χ1) is 12.4. The summed E-state index contributed by atoms with van der Waals surface area (Å²) >= 11 is 0. The third kappa shape index (κ3) is 5.27. The number of hydrogen-bond donors (Lipinski definition) is 1. The lowest BCUT2D eigenvalue weighted by molar-refractivity contribution is 0.457. The maximum absolute atomic E-state index is 13.0. The van der Waals surface area contributed by atoms with Crippen LogP contribution in [-0.4, -0.2) is 17.4 Å². The van der Waals surface area contributed by atoms with E-state index in [4.69, 9.17) is 0 Å². The molecule has 6 heteroatoms. The molecule has 0 heterocycles. The highest BCUT2D eigenvalue weighted by atomic mass is 32.2. The van der Waals surface area contributed by atoms with Crippen molar-refractivity contribution in [3.8, 4) is 0 Å². The summed E-state index contributed by atoms with van der Waals surface area (Å²) in [6.07, 6.45) is 0. The molecule has 0 saturated carbocycles. The van der Waals surface area contributed by atoms with Gasteiger partial charge in [0.05, 0.1) is 21.7 Å². The molecule has 4 nitrogen and oxygen atoms in total. The van der Waals surface area contributed by atoms with Crippen molar-refractivity contribution in [3.05, 3.63) is 59.7 Å². The fourth-order valence-corrected chi connectivity index (χ4v) is 5.38. The topological polar surface area (TPSA) is 63.2 Å². The van der Waals surface area contributed by atoms with Crippen LogP contribution in [0.4, 0.5) is 0 Å². The Hall–Kier alpha value is -1.50. The molecule has 1 unspecified atom stereocenters. The lowest BCUT2D eigenvalue weighted by atomic mass is 9.97. The molecule has 0 spiro atoms. The van der Waals surface area contributed by atoms with Gasteiger partial charge < -0.3 is 0 Å². The maximum Gasteiger partial charge on any atom is 0.241 e. The lowest BCUT2D eigenvalue weighted by Crippen LogP contribution is -2.33. The van der Waals surface area contributed by atoms with Gasteiger partial charge in [-0.25, -0.2) is 13.1 Å². The van der Waals surface area contributed by atoms with Crippen molar-refractivity contribution in [1.82, 2.24) is 4.72 Å². The van der Waals surface area contributed by atoms with Gasteiger partial charge in [0.1, 0.15) is 0 Å². The van der Waals surface area contributed by atoms with Crippen molar-refractivity contribution in [3.63, 3.8) is 0 Å². The Kier molecular flexibility index (Phi) is 6.66. The predicted octanol–water partition coefficient (Wildman–Crippen LogP) is 4.58. The van der Waals surface area contributed by atoms with E-state index >= 15 is 0 Å². The van der Waals surface area contributed by atoms with Crippen LogP contribution in [0.5, 0.6) is 0 Å². The second kappa shape index (κ2) is 8.25. The molecule has 0 aliphatic carbocycles. The van der Waals surface area contributed by atoms with Crippen molar-refractivity contribution in [2.75, 3.05) is 0 Å². The van der Waals surface area contributed by atoms with Crippen molar-refractivity contribution in [2.24, 2.45) is 5.92 Å². The van der Waals surface area contributed by atoms with Crippen LogP contribution in [0, 0.1) is 12.8 Å². The first-order valence-electron chi connectivity index (χ1n) is 9.03. The van der Waals surface area contributed by atoms with E-state index in [1.807, 2.05) is 65.8 Å². The Balaban J connectivity index is 2.48. The number of sulfonamides is 1. The monoisotopic (exact) mass is 407 g/mol. The molecular weight excluding hydrogens is 378 g/mol. The molecule has 27 heavy (non-hydrogen) atoms. The third-order valence-electron chi connectivity index (χ3n) is 4.29. The Morgan fingerprint density at radius 3 is 2.04 bits per heavy atom. The van der Waals surface area contributed by atoms with Gasteiger partial charge in [-0.3, -0.25) is 4.21 Å². The summed E-state index contributed by atoms with van der Waals surface area (Å²) in [6.45, 7) is 11.6. The van der Waals surface area contributed by atoms with Gasteiger partial charge in [-0.15, -0.1) is 0 Å². The van der Waals surface area contributed by atoms with Gasteiger partial charge in [0.2, 0.25) is 10.0 Å². The molecule has 0 aromatic heterocycles. The van der Waals surface area contributed by atoms with Gasteiger partial charge in [-0.05, 0) is 57.4 Å². The van der Waals surface area contributed by atoms with Crippen LogP contribution in [-0.2, 0) is 20.8 Å². The number of benzene rings is 2. The SMILES string of the molecule is Cc1ccc(S(=O)(=O)N[C@H](c2ccccc2S(=O)C(C)(C)C)C(C)C)cc1. The van der Waals surface area contributed by atoms with E-state index in [1.165, 1.54) is 0 Å². The van der Waals surface area contributed by atoms with Crippen molar-refractivity contribution in [1.29, 1.82) is 0 Å². The van der Waals surface area contributed by atoms with Crippen molar-refractivity contribution >= 4 is 20.8 Å². The van der Waals surface area contributed by atoms with Crippen LogP contribution in [0.1, 0.15) is 51.8 Å². The van der Waals surface area contributed by atoms with Crippen LogP contribution in [0.2, 0.25) is 0 Å². The number of nitrogens with one attached hydrogen (secondary N) is 1. The highest BCUT2D eigenvalue weighted by molar-refractivity contribution is 7.89. The summed E-state index contributed by atoms with van der Waals surface area (Å²) in [5, 5.41) is 0. The zero-order chi connectivity index (χ0) is 20.4. The molecule has 0 aliphatic heterocycles. The van der Waals surface area contributed by atoms with Gasteiger partial charge in [0.15, 0.2) is 0 Å². The van der Waals surface area contributed by atoms with Crippen LogP contribution in [0.15, 0.2) is 58.3 Å². The van der Waals surface area contributed by atoms with Crippen LogP contribution in [0.25, 0.3) is 0 Å². The molecule has 0 aliphatic rings. The number of hydrogen-bond acceptors (Lipinski definition) is 3. The number of aryl methyl sites for hydroxylation is 1. The van der Waals surface area contributed by atoms with E-state index in [1.54, 1.807) is 24.3 Å². The molecule has 1 N–H and O–H groups in total. The molecule has 0 amide bonds. The van der Waals surface area contributed by atoms with Crippen LogP contribution < -0.4 is 4.72 Å². The van der Waals surface area contributed by atoms with Gasteiger partial charge in [0, 0.05) is 9.64 Å². The summed E-state index contributed by atoms with van der Waals surface area (Å²) in [5.74, 6) is -0.0108. The second-order valence-corrected chi connectivity index (χ2v) is 12.0. The van der Waals surface area contributed by atoms with Crippen molar-refractivity contribution < 1.29 is 12.6 Å². The highest BCUT2D eigenvalue weighted by Crippen LogP contribution is 2.32. The summed E-state index contributed by atoms with van der Waals surface area (Å²) < 4.78 is 41.3. The largest absolute Gasteiger partial charge is 0.254 e. The van der Waals surface area contributed by atoms with Crippen molar-refractivity contribution in [2.45, 2.75) is 62.1 Å². The smallest absolute Gasteiger partial charge is 0.241 e. The normalized spacial score (nSPS) is 14.9. The first kappa shape index (κ1) is 21.8. The summed E-state index contributed by atoms with van der Waals surface area (Å²) in [7, 11) is -4.96. The average Bonchev–Trinajstić information content (AvgIpc) is 2.58. The zero-order valence-electron chi connectivity index (χ0n) is 16.8. The van der Waals surface area contributed by atoms with Gasteiger partial charge >= 0.3 is 0 Å². The zero-order valence-corrected chi connectivity index (χ0v) is 18.4. The molecular formula is C21H29NO3S2. The van der Waals surface area contributed by atoms with Gasteiger partial charge in [-0.2, -0.15) is 0 Å². The molecule has 0 radical (unpaired) electrons. The molecule has 2 atom stereocenters. The summed E-state index contributed by atoms with van der Waals surface area (Å²) in [4.78, 5) is 0.906. The van der Waals surface area contributed by atoms with E-state index in [0.717, 1.165) is 11.1 Å². The Morgan fingerprint density at radius 2 is 1.52 bits per heavy atom. The molecule has 2 rings (SSSR count). The van der Waals surface area contributed by atoms with E-state index in [-0.39, 0.29) is 10.8 Å². The summed E-state index contributed by atoms with van der Waals surface area (Å²) in [5.41, 5.74) is 1.76. The van der Waals surface area contributed by atoms with E-state index in [2.05, 4.69) is 4.72 Å². The molecule has 2 aromatic rings. The van der Waals surface area contributed by atoms with Crippen LogP contribution in [0.3, 0.4) is 0 Å². The minimum Gasteiger partial charge on any atom is -0.254 e. The minimum atomic E-state index is -3.70. The Labute approximate surface area is 165 Å².